The van der Waals surface area contributed by atoms with Crippen molar-refractivity contribution in [2.45, 2.75) is 13.5 Å². The van der Waals surface area contributed by atoms with Gasteiger partial charge < -0.3 is 5.32 Å². The maximum absolute atomic E-state index is 12.7. The molecular weight excluding hydrogens is 409 g/mol. The number of aryl methyl sites for hydroxylation is 1. The van der Waals surface area contributed by atoms with Crippen LogP contribution in [0.15, 0.2) is 42.5 Å². The van der Waals surface area contributed by atoms with Crippen molar-refractivity contribution in [2.75, 3.05) is 25.0 Å². The Hall–Kier alpha value is -1.64. The fourth-order valence-electron chi connectivity index (χ4n) is 2.81. The first-order valence-corrected chi connectivity index (χ1v) is 10.5. The topological polar surface area (TPSA) is 69.7 Å². The molecule has 2 aromatic rings. The Labute approximate surface area is 168 Å². The van der Waals surface area contributed by atoms with Gasteiger partial charge in [0.2, 0.25) is 5.91 Å². The third kappa shape index (κ3) is 4.80. The maximum Gasteiger partial charge on any atom is 0.282 e. The number of nitrogens with zero attached hydrogens (tertiary/aromatic N) is 2. The van der Waals surface area contributed by atoms with E-state index in [2.05, 4.69) is 5.32 Å². The summed E-state index contributed by atoms with van der Waals surface area (Å²) in [6, 6.07) is 12.2. The molecule has 1 aliphatic rings. The van der Waals surface area contributed by atoms with Crippen molar-refractivity contribution >= 4 is 45.0 Å². The molecular formula is C18H19Cl2N3O3S. The van der Waals surface area contributed by atoms with Crippen LogP contribution in [0.5, 0.6) is 0 Å². The number of rotatable bonds is 5. The normalized spacial score (nSPS) is 17.1. The molecule has 1 aliphatic heterocycles. The van der Waals surface area contributed by atoms with Crippen LogP contribution in [0.25, 0.3) is 0 Å². The first-order chi connectivity index (χ1) is 12.8. The molecule has 0 saturated carbocycles. The lowest BCUT2D eigenvalue weighted by Gasteiger charge is -2.18. The van der Waals surface area contributed by atoms with Crippen LogP contribution in [-0.2, 0) is 21.5 Å². The number of halogens is 2. The maximum atomic E-state index is 12.7. The van der Waals surface area contributed by atoms with Crippen molar-refractivity contribution in [2.24, 2.45) is 0 Å². The van der Waals surface area contributed by atoms with Crippen LogP contribution in [0.2, 0.25) is 10.0 Å². The van der Waals surface area contributed by atoms with Gasteiger partial charge >= 0.3 is 0 Å². The van der Waals surface area contributed by atoms with Crippen LogP contribution >= 0.6 is 23.2 Å². The van der Waals surface area contributed by atoms with E-state index in [0.29, 0.717) is 22.3 Å². The highest BCUT2D eigenvalue weighted by atomic mass is 35.5. The standard InChI is InChI=1S/C18H19Cl2N3O3S/c1-13-2-5-16(20)10-17(13)21-18(24)12-23-9-8-22(27(23,25)26)11-14-3-6-15(19)7-4-14/h2-7,10H,8-9,11-12H2,1H3,(H,21,24). The summed E-state index contributed by atoms with van der Waals surface area (Å²) in [5, 5.41) is 3.82. The minimum Gasteiger partial charge on any atom is -0.325 e. The summed E-state index contributed by atoms with van der Waals surface area (Å²) in [5.74, 6) is -0.405. The Morgan fingerprint density at radius 3 is 2.37 bits per heavy atom. The van der Waals surface area contributed by atoms with E-state index in [1.165, 1.54) is 8.61 Å². The van der Waals surface area contributed by atoms with Crippen molar-refractivity contribution in [3.63, 3.8) is 0 Å². The van der Waals surface area contributed by atoms with E-state index in [9.17, 15) is 13.2 Å². The molecule has 2 aromatic carbocycles. The molecule has 3 rings (SSSR count). The number of carbonyl (C=O) groups is 1. The quantitative estimate of drug-likeness (QED) is 0.795. The third-order valence-corrected chi connectivity index (χ3v) is 6.73. The molecule has 27 heavy (non-hydrogen) atoms. The number of hydrogen-bond donors (Lipinski definition) is 1. The van der Waals surface area contributed by atoms with E-state index < -0.39 is 16.1 Å². The predicted molar refractivity (Wildman–Crippen MR) is 107 cm³/mol. The fourth-order valence-corrected chi connectivity index (χ4v) is 4.65. The van der Waals surface area contributed by atoms with E-state index in [1.807, 2.05) is 6.92 Å². The molecule has 1 N–H and O–H groups in total. The van der Waals surface area contributed by atoms with Crippen LogP contribution < -0.4 is 5.32 Å². The summed E-state index contributed by atoms with van der Waals surface area (Å²) in [5.41, 5.74) is 2.26. The zero-order valence-corrected chi connectivity index (χ0v) is 17.0. The highest BCUT2D eigenvalue weighted by Crippen LogP contribution is 2.22. The second-order valence-corrected chi connectivity index (χ2v) is 9.11. The van der Waals surface area contributed by atoms with Gasteiger partial charge in [-0.05, 0) is 42.3 Å². The van der Waals surface area contributed by atoms with Crippen molar-refractivity contribution in [1.29, 1.82) is 0 Å². The lowest BCUT2D eigenvalue weighted by Crippen LogP contribution is -2.37. The summed E-state index contributed by atoms with van der Waals surface area (Å²) >= 11 is 11.8. The lowest BCUT2D eigenvalue weighted by atomic mass is 10.2. The number of benzene rings is 2. The number of hydrogen-bond acceptors (Lipinski definition) is 3. The van der Waals surface area contributed by atoms with Gasteiger partial charge in [0.1, 0.15) is 0 Å². The number of nitrogens with one attached hydrogen (secondary N) is 1. The lowest BCUT2D eigenvalue weighted by molar-refractivity contribution is -0.116. The number of amides is 1. The Morgan fingerprint density at radius 2 is 1.67 bits per heavy atom. The molecule has 0 aliphatic carbocycles. The average molecular weight is 428 g/mol. The van der Waals surface area contributed by atoms with E-state index in [-0.39, 0.29) is 19.6 Å². The molecule has 0 aromatic heterocycles. The molecule has 0 atom stereocenters. The molecule has 1 fully saturated rings. The van der Waals surface area contributed by atoms with Gasteiger partial charge in [-0.2, -0.15) is 17.0 Å². The zero-order valence-electron chi connectivity index (χ0n) is 14.7. The summed E-state index contributed by atoms with van der Waals surface area (Å²) < 4.78 is 27.9. The van der Waals surface area contributed by atoms with Crippen LogP contribution in [-0.4, -0.2) is 42.6 Å². The summed E-state index contributed by atoms with van der Waals surface area (Å²) in [7, 11) is -3.70. The highest BCUT2D eigenvalue weighted by Gasteiger charge is 2.37. The molecule has 1 heterocycles. The van der Waals surface area contributed by atoms with Gasteiger partial charge in [0, 0.05) is 35.4 Å². The first kappa shape index (κ1) is 20.1. The number of carbonyl (C=O) groups excluding carboxylic acids is 1. The van der Waals surface area contributed by atoms with Crippen LogP contribution in [0.3, 0.4) is 0 Å². The van der Waals surface area contributed by atoms with Crippen LogP contribution in [0, 0.1) is 6.92 Å². The molecule has 6 nitrogen and oxygen atoms in total. The van der Waals surface area contributed by atoms with Gasteiger partial charge in [-0.15, -0.1) is 0 Å². The highest BCUT2D eigenvalue weighted by molar-refractivity contribution is 7.87. The SMILES string of the molecule is Cc1ccc(Cl)cc1NC(=O)CN1CCN(Cc2ccc(Cl)cc2)S1(=O)=O. The monoisotopic (exact) mass is 427 g/mol. The van der Waals surface area contributed by atoms with Gasteiger partial charge in [-0.3, -0.25) is 4.79 Å². The largest absolute Gasteiger partial charge is 0.325 e. The number of anilines is 1. The van der Waals surface area contributed by atoms with E-state index >= 15 is 0 Å². The Kier molecular flexibility index (Phi) is 6.08. The van der Waals surface area contributed by atoms with Gasteiger partial charge in [-0.1, -0.05) is 41.4 Å². The van der Waals surface area contributed by atoms with Crippen molar-refractivity contribution < 1.29 is 13.2 Å². The van der Waals surface area contributed by atoms with Gasteiger partial charge in [0.25, 0.3) is 10.2 Å². The third-order valence-electron chi connectivity index (χ3n) is 4.32. The Morgan fingerprint density at radius 1 is 1.04 bits per heavy atom. The van der Waals surface area contributed by atoms with Gasteiger partial charge in [0.15, 0.2) is 0 Å². The zero-order chi connectivity index (χ0) is 19.6. The van der Waals surface area contributed by atoms with Crippen molar-refractivity contribution in [3.05, 3.63) is 63.6 Å². The predicted octanol–water partition coefficient (Wildman–Crippen LogP) is 3.30. The molecule has 9 heteroatoms. The summed E-state index contributed by atoms with van der Waals surface area (Å²) in [6.45, 7) is 2.43. The van der Waals surface area contributed by atoms with E-state index in [4.69, 9.17) is 23.2 Å². The average Bonchev–Trinajstić information content (AvgIpc) is 2.87. The van der Waals surface area contributed by atoms with Crippen molar-refractivity contribution in [3.8, 4) is 0 Å². The van der Waals surface area contributed by atoms with Crippen LogP contribution in [0.4, 0.5) is 5.69 Å². The van der Waals surface area contributed by atoms with E-state index in [0.717, 1.165) is 11.1 Å². The smallest absolute Gasteiger partial charge is 0.282 e. The van der Waals surface area contributed by atoms with Gasteiger partial charge in [-0.25, -0.2) is 0 Å². The molecule has 1 amide bonds. The minimum absolute atomic E-state index is 0.241. The molecule has 0 spiro atoms. The summed E-state index contributed by atoms with van der Waals surface area (Å²) in [6.07, 6.45) is 0. The molecule has 0 radical (unpaired) electrons. The van der Waals surface area contributed by atoms with Gasteiger partial charge in [0.05, 0.1) is 6.54 Å². The molecule has 0 bridgehead atoms. The molecule has 0 unspecified atom stereocenters. The Bertz CT molecular complexity index is 949. The fraction of sp³-hybridized carbons (Fsp3) is 0.278. The second-order valence-electron chi connectivity index (χ2n) is 6.31. The van der Waals surface area contributed by atoms with Crippen molar-refractivity contribution in [1.82, 2.24) is 8.61 Å². The second kappa shape index (κ2) is 8.16. The Balaban J connectivity index is 1.64. The van der Waals surface area contributed by atoms with E-state index in [1.54, 1.807) is 42.5 Å². The molecule has 1 saturated heterocycles. The minimum atomic E-state index is -3.70. The summed E-state index contributed by atoms with van der Waals surface area (Å²) in [4.78, 5) is 12.3. The first-order valence-electron chi connectivity index (χ1n) is 8.31. The van der Waals surface area contributed by atoms with Crippen LogP contribution in [0.1, 0.15) is 11.1 Å². The molecule has 144 valence electrons.